The van der Waals surface area contributed by atoms with Gasteiger partial charge in [0.2, 0.25) is 0 Å². The molecule has 1 saturated heterocycles. The molecule has 18 heavy (non-hydrogen) atoms. The molecule has 0 aromatic carbocycles. The fraction of sp³-hybridized carbons (Fsp3) is 1.00. The van der Waals surface area contributed by atoms with E-state index in [0.717, 1.165) is 45.9 Å². The van der Waals surface area contributed by atoms with E-state index in [9.17, 15) is 0 Å². The molecule has 1 aliphatic rings. The fourth-order valence-electron chi connectivity index (χ4n) is 2.68. The van der Waals surface area contributed by atoms with Gasteiger partial charge in [0, 0.05) is 45.3 Å². The monoisotopic (exact) mass is 258 g/mol. The number of hydrogen-bond acceptors (Lipinski definition) is 4. The highest BCUT2D eigenvalue weighted by atomic mass is 16.5. The Bertz CT molecular complexity index is 212. The van der Waals surface area contributed by atoms with E-state index in [-0.39, 0.29) is 0 Å². The van der Waals surface area contributed by atoms with Crippen molar-refractivity contribution in [3.63, 3.8) is 0 Å². The van der Waals surface area contributed by atoms with E-state index in [0.29, 0.717) is 17.9 Å². The SMILES string of the molecule is CNC1CCOCC1CN(CCOC)CC(C)C. The predicted octanol–water partition coefficient (Wildman–Crippen LogP) is 1.22. The number of rotatable bonds is 8. The van der Waals surface area contributed by atoms with Gasteiger partial charge in [-0.15, -0.1) is 0 Å². The van der Waals surface area contributed by atoms with Crippen molar-refractivity contribution >= 4 is 0 Å². The lowest BCUT2D eigenvalue weighted by Crippen LogP contribution is -2.47. The summed E-state index contributed by atoms with van der Waals surface area (Å²) in [6, 6.07) is 0.593. The van der Waals surface area contributed by atoms with Gasteiger partial charge >= 0.3 is 0 Å². The molecule has 1 fully saturated rings. The summed E-state index contributed by atoms with van der Waals surface area (Å²) in [5.41, 5.74) is 0. The summed E-state index contributed by atoms with van der Waals surface area (Å²) in [6.07, 6.45) is 1.13. The van der Waals surface area contributed by atoms with E-state index in [4.69, 9.17) is 9.47 Å². The van der Waals surface area contributed by atoms with Crippen LogP contribution in [0.3, 0.4) is 0 Å². The van der Waals surface area contributed by atoms with E-state index in [1.807, 2.05) is 0 Å². The van der Waals surface area contributed by atoms with Crippen LogP contribution in [-0.2, 0) is 9.47 Å². The summed E-state index contributed by atoms with van der Waals surface area (Å²) < 4.78 is 10.8. The van der Waals surface area contributed by atoms with Crippen molar-refractivity contribution in [2.24, 2.45) is 11.8 Å². The Morgan fingerprint density at radius 2 is 2.22 bits per heavy atom. The summed E-state index contributed by atoms with van der Waals surface area (Å²) in [6.45, 7) is 10.4. The Morgan fingerprint density at radius 1 is 1.44 bits per heavy atom. The predicted molar refractivity (Wildman–Crippen MR) is 74.9 cm³/mol. The van der Waals surface area contributed by atoms with Gasteiger partial charge in [0.1, 0.15) is 0 Å². The van der Waals surface area contributed by atoms with Gasteiger partial charge < -0.3 is 19.7 Å². The lowest BCUT2D eigenvalue weighted by Gasteiger charge is -2.35. The molecule has 4 heteroatoms. The maximum Gasteiger partial charge on any atom is 0.0589 e. The van der Waals surface area contributed by atoms with Crippen LogP contribution in [0, 0.1) is 11.8 Å². The number of ether oxygens (including phenoxy) is 2. The first-order chi connectivity index (χ1) is 8.67. The van der Waals surface area contributed by atoms with Crippen molar-refractivity contribution in [1.82, 2.24) is 10.2 Å². The smallest absolute Gasteiger partial charge is 0.0589 e. The van der Waals surface area contributed by atoms with Crippen molar-refractivity contribution in [2.45, 2.75) is 26.3 Å². The molecule has 2 atom stereocenters. The summed E-state index contributed by atoms with van der Waals surface area (Å²) in [5.74, 6) is 1.29. The summed E-state index contributed by atoms with van der Waals surface area (Å²) in [7, 11) is 3.83. The molecule has 0 aliphatic carbocycles. The first-order valence-electron chi connectivity index (χ1n) is 7.13. The van der Waals surface area contributed by atoms with Crippen LogP contribution in [0.25, 0.3) is 0 Å². The van der Waals surface area contributed by atoms with Crippen molar-refractivity contribution in [3.8, 4) is 0 Å². The maximum absolute atomic E-state index is 5.63. The Hall–Kier alpha value is -0.160. The molecule has 4 nitrogen and oxygen atoms in total. The molecule has 2 unspecified atom stereocenters. The molecule has 0 radical (unpaired) electrons. The van der Waals surface area contributed by atoms with Gasteiger partial charge in [-0.25, -0.2) is 0 Å². The Kier molecular flexibility index (Phi) is 7.82. The molecule has 1 heterocycles. The number of methoxy groups -OCH3 is 1. The molecule has 1 rings (SSSR count). The van der Waals surface area contributed by atoms with Gasteiger partial charge in [-0.05, 0) is 19.4 Å². The molecule has 0 amide bonds. The lowest BCUT2D eigenvalue weighted by molar-refractivity contribution is 0.0133. The molecule has 0 spiro atoms. The van der Waals surface area contributed by atoms with Crippen LogP contribution >= 0.6 is 0 Å². The molecule has 1 N–H and O–H groups in total. The van der Waals surface area contributed by atoms with E-state index >= 15 is 0 Å². The van der Waals surface area contributed by atoms with Crippen molar-refractivity contribution in [2.75, 3.05) is 53.6 Å². The third kappa shape index (κ3) is 5.65. The van der Waals surface area contributed by atoms with E-state index in [1.165, 1.54) is 0 Å². The van der Waals surface area contributed by atoms with Crippen LogP contribution in [0.1, 0.15) is 20.3 Å². The number of hydrogen-bond donors (Lipinski definition) is 1. The summed E-state index contributed by atoms with van der Waals surface area (Å²) >= 11 is 0. The van der Waals surface area contributed by atoms with Gasteiger partial charge in [0.25, 0.3) is 0 Å². The standard InChI is InChI=1S/C14H30N2O2/c1-12(2)9-16(6-8-17-4)10-13-11-18-7-5-14(13)15-3/h12-15H,5-11H2,1-4H3. The van der Waals surface area contributed by atoms with Gasteiger partial charge in [-0.3, -0.25) is 0 Å². The second-order valence-corrected chi connectivity index (χ2v) is 5.67. The molecular weight excluding hydrogens is 228 g/mol. The van der Waals surface area contributed by atoms with Gasteiger partial charge in [0.15, 0.2) is 0 Å². The average Bonchev–Trinajstić information content (AvgIpc) is 2.36. The zero-order valence-corrected chi connectivity index (χ0v) is 12.4. The number of nitrogens with zero attached hydrogens (tertiary/aromatic N) is 1. The average molecular weight is 258 g/mol. The lowest BCUT2D eigenvalue weighted by atomic mass is 9.95. The molecule has 108 valence electrons. The summed E-state index contributed by atoms with van der Waals surface area (Å²) in [5, 5.41) is 3.43. The first-order valence-corrected chi connectivity index (χ1v) is 7.13. The second kappa shape index (κ2) is 8.86. The molecule has 0 bridgehead atoms. The third-order valence-corrected chi connectivity index (χ3v) is 3.57. The van der Waals surface area contributed by atoms with Gasteiger partial charge in [0.05, 0.1) is 13.2 Å². The van der Waals surface area contributed by atoms with E-state index in [2.05, 4.69) is 31.1 Å². The van der Waals surface area contributed by atoms with Crippen LogP contribution in [0.2, 0.25) is 0 Å². The molecular formula is C14H30N2O2. The van der Waals surface area contributed by atoms with Crippen LogP contribution < -0.4 is 5.32 Å². The zero-order chi connectivity index (χ0) is 13.4. The molecule has 0 aromatic rings. The highest BCUT2D eigenvalue weighted by molar-refractivity contribution is 4.81. The minimum atomic E-state index is 0.593. The molecule has 0 aromatic heterocycles. The normalized spacial score (nSPS) is 25.0. The summed E-state index contributed by atoms with van der Waals surface area (Å²) in [4.78, 5) is 2.51. The third-order valence-electron chi connectivity index (χ3n) is 3.57. The Labute approximate surface area is 112 Å². The number of nitrogens with one attached hydrogen (secondary N) is 1. The topological polar surface area (TPSA) is 33.7 Å². The molecule has 1 aliphatic heterocycles. The van der Waals surface area contributed by atoms with Crippen molar-refractivity contribution < 1.29 is 9.47 Å². The van der Waals surface area contributed by atoms with Crippen molar-refractivity contribution in [1.29, 1.82) is 0 Å². The highest BCUT2D eigenvalue weighted by Gasteiger charge is 2.26. The van der Waals surface area contributed by atoms with Crippen LogP contribution in [0.4, 0.5) is 0 Å². The maximum atomic E-state index is 5.63. The van der Waals surface area contributed by atoms with Crippen LogP contribution in [0.5, 0.6) is 0 Å². The van der Waals surface area contributed by atoms with E-state index < -0.39 is 0 Å². The zero-order valence-electron chi connectivity index (χ0n) is 12.4. The molecule has 0 saturated carbocycles. The fourth-order valence-corrected chi connectivity index (χ4v) is 2.68. The quantitative estimate of drug-likeness (QED) is 0.710. The van der Waals surface area contributed by atoms with Crippen LogP contribution in [0.15, 0.2) is 0 Å². The van der Waals surface area contributed by atoms with E-state index in [1.54, 1.807) is 7.11 Å². The Balaban J connectivity index is 2.45. The minimum absolute atomic E-state index is 0.593. The highest BCUT2D eigenvalue weighted by Crippen LogP contribution is 2.16. The van der Waals surface area contributed by atoms with Gasteiger partial charge in [-0.2, -0.15) is 0 Å². The van der Waals surface area contributed by atoms with Crippen molar-refractivity contribution in [3.05, 3.63) is 0 Å². The van der Waals surface area contributed by atoms with Gasteiger partial charge in [-0.1, -0.05) is 13.8 Å². The largest absolute Gasteiger partial charge is 0.383 e. The minimum Gasteiger partial charge on any atom is -0.383 e. The first kappa shape index (κ1) is 15.9. The Morgan fingerprint density at radius 3 is 2.83 bits per heavy atom. The second-order valence-electron chi connectivity index (χ2n) is 5.67. The van der Waals surface area contributed by atoms with Crippen LogP contribution in [-0.4, -0.2) is 64.6 Å².